The van der Waals surface area contributed by atoms with E-state index in [-0.39, 0.29) is 6.54 Å². The Hall–Kier alpha value is -3.16. The molecule has 8 nitrogen and oxygen atoms in total. The summed E-state index contributed by atoms with van der Waals surface area (Å²) in [5, 5.41) is 11.8. The highest BCUT2D eigenvalue weighted by Gasteiger charge is 2.49. The van der Waals surface area contributed by atoms with Gasteiger partial charge < -0.3 is 10.6 Å². The predicted octanol–water partition coefficient (Wildman–Crippen LogP) is 1.43. The van der Waals surface area contributed by atoms with Crippen LogP contribution in [0.3, 0.4) is 0 Å². The van der Waals surface area contributed by atoms with Crippen LogP contribution in [0.25, 0.3) is 0 Å². The van der Waals surface area contributed by atoms with E-state index in [9.17, 15) is 14.4 Å². The minimum absolute atomic E-state index is 0.343. The number of rotatable bonds is 4. The van der Waals surface area contributed by atoms with Gasteiger partial charge in [0.05, 0.1) is 0 Å². The number of amides is 4. The maximum atomic E-state index is 12.8. The number of aryl methyl sites for hydroxylation is 2. The smallest absolute Gasteiger partial charge is 0.319 e. The Morgan fingerprint density at radius 2 is 1.92 bits per heavy atom. The molecule has 0 unspecified atom stereocenters. The van der Waals surface area contributed by atoms with Crippen LogP contribution in [0.4, 0.5) is 10.6 Å². The molecular formula is C17H19N5O3. The van der Waals surface area contributed by atoms with Crippen molar-refractivity contribution >= 4 is 23.7 Å². The molecule has 0 aliphatic carbocycles. The van der Waals surface area contributed by atoms with E-state index in [1.54, 1.807) is 32.0 Å². The van der Waals surface area contributed by atoms with Crippen LogP contribution < -0.4 is 10.6 Å². The summed E-state index contributed by atoms with van der Waals surface area (Å²) in [6, 6.07) is 8.39. The molecule has 0 spiro atoms. The van der Waals surface area contributed by atoms with Crippen molar-refractivity contribution in [2.24, 2.45) is 0 Å². The molecule has 4 amide bonds. The van der Waals surface area contributed by atoms with Crippen molar-refractivity contribution in [1.29, 1.82) is 0 Å². The maximum Gasteiger partial charge on any atom is 0.325 e. The van der Waals surface area contributed by atoms with Crippen molar-refractivity contribution < 1.29 is 14.4 Å². The van der Waals surface area contributed by atoms with Gasteiger partial charge in [0.15, 0.2) is 5.82 Å². The van der Waals surface area contributed by atoms with E-state index in [2.05, 4.69) is 20.8 Å². The summed E-state index contributed by atoms with van der Waals surface area (Å²) < 4.78 is 0. The molecule has 1 aliphatic rings. The van der Waals surface area contributed by atoms with E-state index in [4.69, 9.17) is 0 Å². The summed E-state index contributed by atoms with van der Waals surface area (Å²) in [6.45, 7) is 4.99. The molecule has 1 fully saturated rings. The molecular weight excluding hydrogens is 322 g/mol. The Morgan fingerprint density at radius 3 is 2.52 bits per heavy atom. The second-order valence-electron chi connectivity index (χ2n) is 6.30. The number of hydrogen-bond donors (Lipinski definition) is 3. The van der Waals surface area contributed by atoms with Gasteiger partial charge in [0.25, 0.3) is 5.91 Å². The van der Waals surface area contributed by atoms with Gasteiger partial charge in [-0.05, 0) is 26.3 Å². The molecule has 25 heavy (non-hydrogen) atoms. The van der Waals surface area contributed by atoms with E-state index in [0.717, 1.165) is 16.2 Å². The van der Waals surface area contributed by atoms with Gasteiger partial charge in [-0.3, -0.25) is 19.6 Å². The zero-order chi connectivity index (χ0) is 18.2. The van der Waals surface area contributed by atoms with Crippen molar-refractivity contribution in [3.8, 4) is 0 Å². The average Bonchev–Trinajstić information content (AvgIpc) is 3.05. The zero-order valence-electron chi connectivity index (χ0n) is 14.2. The number of benzene rings is 1. The minimum Gasteiger partial charge on any atom is -0.319 e. The van der Waals surface area contributed by atoms with Crippen LogP contribution in [0.15, 0.2) is 30.3 Å². The molecule has 130 valence electrons. The summed E-state index contributed by atoms with van der Waals surface area (Å²) >= 11 is 0. The molecule has 1 saturated heterocycles. The largest absolute Gasteiger partial charge is 0.325 e. The number of urea groups is 1. The minimum atomic E-state index is -1.19. The van der Waals surface area contributed by atoms with Gasteiger partial charge in [-0.2, -0.15) is 5.10 Å². The molecule has 8 heteroatoms. The maximum absolute atomic E-state index is 12.8. The first-order valence-electron chi connectivity index (χ1n) is 7.83. The Bertz CT molecular complexity index is 842. The molecule has 1 aromatic heterocycles. The lowest BCUT2D eigenvalue weighted by molar-refractivity contribution is -0.133. The summed E-state index contributed by atoms with van der Waals surface area (Å²) in [4.78, 5) is 38.0. The van der Waals surface area contributed by atoms with Gasteiger partial charge in [-0.25, -0.2) is 4.79 Å². The highest BCUT2D eigenvalue weighted by molar-refractivity contribution is 6.10. The first-order chi connectivity index (χ1) is 11.8. The first kappa shape index (κ1) is 16.7. The lowest BCUT2D eigenvalue weighted by Gasteiger charge is -2.22. The highest BCUT2D eigenvalue weighted by Crippen LogP contribution is 2.28. The third-order valence-electron chi connectivity index (χ3n) is 4.18. The number of hydrogen-bond acceptors (Lipinski definition) is 4. The SMILES string of the molecule is Cc1ccc([C@]2(C)NC(=O)N(CC(=O)Nc3cc(C)[nH]n3)C2=O)cc1. The second-order valence-corrected chi connectivity index (χ2v) is 6.30. The molecule has 3 N–H and O–H groups in total. The van der Waals surface area contributed by atoms with Crippen molar-refractivity contribution in [1.82, 2.24) is 20.4 Å². The molecule has 1 aromatic carbocycles. The fourth-order valence-corrected chi connectivity index (χ4v) is 2.73. The van der Waals surface area contributed by atoms with Crippen LogP contribution in [0.5, 0.6) is 0 Å². The number of carbonyl (C=O) groups excluding carboxylic acids is 3. The summed E-state index contributed by atoms with van der Waals surface area (Å²) in [5.41, 5.74) is 1.32. The van der Waals surface area contributed by atoms with Crippen LogP contribution in [0.1, 0.15) is 23.7 Å². The summed E-state index contributed by atoms with van der Waals surface area (Å²) in [5.74, 6) is -0.617. The number of imide groups is 1. The van der Waals surface area contributed by atoms with Crippen LogP contribution >= 0.6 is 0 Å². The lowest BCUT2D eigenvalue weighted by atomic mass is 9.91. The van der Waals surface area contributed by atoms with Gasteiger partial charge in [-0.1, -0.05) is 29.8 Å². The van der Waals surface area contributed by atoms with Crippen LogP contribution in [0.2, 0.25) is 0 Å². The normalized spacial score (nSPS) is 19.9. The molecule has 1 atom stereocenters. The summed E-state index contributed by atoms with van der Waals surface area (Å²) in [6.07, 6.45) is 0. The van der Waals surface area contributed by atoms with Gasteiger partial charge >= 0.3 is 6.03 Å². The van der Waals surface area contributed by atoms with Gasteiger partial charge in [0.2, 0.25) is 5.91 Å². The Morgan fingerprint density at radius 1 is 1.24 bits per heavy atom. The third kappa shape index (κ3) is 3.10. The molecule has 3 rings (SSSR count). The number of aromatic nitrogens is 2. The van der Waals surface area contributed by atoms with E-state index in [0.29, 0.717) is 11.4 Å². The molecule has 2 heterocycles. The Kier molecular flexibility index (Phi) is 4.03. The van der Waals surface area contributed by atoms with Gasteiger partial charge in [0.1, 0.15) is 12.1 Å². The molecule has 1 aliphatic heterocycles. The quantitative estimate of drug-likeness (QED) is 0.731. The average molecular weight is 341 g/mol. The number of carbonyl (C=O) groups is 3. The van der Waals surface area contributed by atoms with Crippen LogP contribution in [-0.4, -0.2) is 39.5 Å². The fourth-order valence-electron chi connectivity index (χ4n) is 2.73. The van der Waals surface area contributed by atoms with Crippen LogP contribution in [-0.2, 0) is 15.1 Å². The number of anilines is 1. The number of aromatic amines is 1. The molecule has 0 saturated carbocycles. The predicted molar refractivity (Wildman–Crippen MR) is 90.7 cm³/mol. The van der Waals surface area contributed by atoms with Crippen molar-refractivity contribution in [3.63, 3.8) is 0 Å². The number of nitrogens with one attached hydrogen (secondary N) is 3. The Labute approximate surface area is 144 Å². The monoisotopic (exact) mass is 341 g/mol. The third-order valence-corrected chi connectivity index (χ3v) is 4.18. The van der Waals surface area contributed by atoms with E-state index in [1.807, 2.05) is 19.1 Å². The molecule has 2 aromatic rings. The van der Waals surface area contributed by atoms with E-state index < -0.39 is 23.4 Å². The summed E-state index contributed by atoms with van der Waals surface area (Å²) in [7, 11) is 0. The van der Waals surface area contributed by atoms with Crippen molar-refractivity contribution in [2.75, 3.05) is 11.9 Å². The fraction of sp³-hybridized carbons (Fsp3) is 0.294. The van der Waals surface area contributed by atoms with E-state index >= 15 is 0 Å². The molecule has 0 radical (unpaired) electrons. The number of nitrogens with zero attached hydrogens (tertiary/aromatic N) is 2. The zero-order valence-corrected chi connectivity index (χ0v) is 14.2. The van der Waals surface area contributed by atoms with Crippen molar-refractivity contribution in [3.05, 3.63) is 47.2 Å². The number of H-pyrrole nitrogens is 1. The Balaban J connectivity index is 1.74. The van der Waals surface area contributed by atoms with E-state index in [1.165, 1.54) is 0 Å². The lowest BCUT2D eigenvalue weighted by Crippen LogP contribution is -2.42. The highest BCUT2D eigenvalue weighted by atomic mass is 16.2. The standard InChI is InChI=1S/C17H19N5O3/c1-10-4-6-12(7-5-10)17(3)15(24)22(16(25)19-17)9-14(23)18-13-8-11(2)20-21-13/h4-8H,9H2,1-3H3,(H,19,25)(H2,18,20,21,23)/t17-/m0/s1. The molecule has 0 bridgehead atoms. The van der Waals surface area contributed by atoms with Crippen LogP contribution in [0, 0.1) is 13.8 Å². The topological polar surface area (TPSA) is 107 Å². The first-order valence-corrected chi connectivity index (χ1v) is 7.83. The van der Waals surface area contributed by atoms with Gasteiger partial charge in [-0.15, -0.1) is 0 Å². The van der Waals surface area contributed by atoms with Crippen molar-refractivity contribution in [2.45, 2.75) is 26.3 Å². The second kappa shape index (κ2) is 6.04. The van der Waals surface area contributed by atoms with Gasteiger partial charge in [0, 0.05) is 11.8 Å².